The Labute approximate surface area is 149 Å². The molecule has 1 fully saturated rings. The summed E-state index contributed by atoms with van der Waals surface area (Å²) in [6.45, 7) is 9.21. The summed E-state index contributed by atoms with van der Waals surface area (Å²) in [5, 5.41) is 0. The zero-order valence-corrected chi connectivity index (χ0v) is 15.7. The maximum Gasteiger partial charge on any atom is 0.337 e. The molecule has 3 rings (SSSR count). The zero-order chi connectivity index (χ0) is 18.0. The molecule has 0 saturated carbocycles. The van der Waals surface area contributed by atoms with Crippen LogP contribution in [-0.2, 0) is 21.4 Å². The molecule has 2 heterocycles. The SMILES string of the molecule is COC(=O)c1ccc2c(c1)nc(C(C)(C)C)n2CC1CCCOCC1. The molecule has 0 bridgehead atoms. The third kappa shape index (κ3) is 3.87. The van der Waals surface area contributed by atoms with E-state index in [2.05, 4.69) is 25.3 Å². The number of nitrogens with zero attached hydrogens (tertiary/aromatic N) is 2. The van der Waals surface area contributed by atoms with Gasteiger partial charge in [-0.3, -0.25) is 0 Å². The van der Waals surface area contributed by atoms with Gasteiger partial charge >= 0.3 is 5.97 Å². The lowest BCUT2D eigenvalue weighted by Crippen LogP contribution is -2.22. The van der Waals surface area contributed by atoms with Crippen molar-refractivity contribution in [3.8, 4) is 0 Å². The van der Waals surface area contributed by atoms with Crippen LogP contribution in [0.25, 0.3) is 11.0 Å². The molecule has 1 unspecified atom stereocenters. The highest BCUT2D eigenvalue weighted by Crippen LogP contribution is 2.29. The van der Waals surface area contributed by atoms with Crippen LogP contribution >= 0.6 is 0 Å². The number of hydrogen-bond acceptors (Lipinski definition) is 4. The first kappa shape index (κ1) is 17.9. The van der Waals surface area contributed by atoms with Gasteiger partial charge in [0.15, 0.2) is 0 Å². The molecule has 136 valence electrons. The lowest BCUT2D eigenvalue weighted by atomic mass is 9.94. The van der Waals surface area contributed by atoms with Crippen molar-refractivity contribution in [2.45, 2.75) is 52.0 Å². The Kier molecular flexibility index (Phi) is 5.13. The average Bonchev–Trinajstić information content (AvgIpc) is 2.75. The van der Waals surface area contributed by atoms with Gasteiger partial charge in [-0.15, -0.1) is 0 Å². The number of hydrogen-bond donors (Lipinski definition) is 0. The molecule has 5 nitrogen and oxygen atoms in total. The number of carbonyl (C=O) groups is 1. The van der Waals surface area contributed by atoms with Gasteiger partial charge in [0.05, 0.1) is 23.7 Å². The van der Waals surface area contributed by atoms with Crippen molar-refractivity contribution in [1.29, 1.82) is 0 Å². The highest BCUT2D eigenvalue weighted by atomic mass is 16.5. The first-order valence-electron chi connectivity index (χ1n) is 9.07. The van der Waals surface area contributed by atoms with Gasteiger partial charge in [0.2, 0.25) is 0 Å². The lowest BCUT2D eigenvalue weighted by molar-refractivity contribution is 0.0601. The zero-order valence-electron chi connectivity index (χ0n) is 15.7. The number of aromatic nitrogens is 2. The van der Waals surface area contributed by atoms with E-state index in [1.807, 2.05) is 18.2 Å². The summed E-state index contributed by atoms with van der Waals surface area (Å²) in [5.74, 6) is 1.34. The quantitative estimate of drug-likeness (QED) is 0.792. The summed E-state index contributed by atoms with van der Waals surface area (Å²) in [5.41, 5.74) is 2.43. The Hall–Kier alpha value is -1.88. The van der Waals surface area contributed by atoms with Crippen molar-refractivity contribution in [2.24, 2.45) is 5.92 Å². The number of esters is 1. The molecule has 1 aromatic heterocycles. The molecule has 1 aromatic carbocycles. The molecule has 0 spiro atoms. The average molecular weight is 344 g/mol. The van der Waals surface area contributed by atoms with E-state index >= 15 is 0 Å². The fourth-order valence-electron chi connectivity index (χ4n) is 3.54. The summed E-state index contributed by atoms with van der Waals surface area (Å²) in [7, 11) is 1.40. The van der Waals surface area contributed by atoms with Gasteiger partial charge in [-0.05, 0) is 43.4 Å². The van der Waals surface area contributed by atoms with Gasteiger partial charge in [0.25, 0.3) is 0 Å². The second-order valence-electron chi connectivity index (χ2n) is 7.90. The highest BCUT2D eigenvalue weighted by molar-refractivity contribution is 5.93. The van der Waals surface area contributed by atoms with Crippen LogP contribution in [0.15, 0.2) is 18.2 Å². The van der Waals surface area contributed by atoms with E-state index in [1.54, 1.807) is 0 Å². The van der Waals surface area contributed by atoms with Gasteiger partial charge in [0, 0.05) is 25.2 Å². The predicted molar refractivity (Wildman–Crippen MR) is 97.9 cm³/mol. The highest BCUT2D eigenvalue weighted by Gasteiger charge is 2.25. The molecule has 1 atom stereocenters. The molecule has 1 aliphatic rings. The molecule has 5 heteroatoms. The van der Waals surface area contributed by atoms with Crippen LogP contribution in [0.1, 0.15) is 56.2 Å². The number of fused-ring (bicyclic) bond motifs is 1. The maximum atomic E-state index is 11.8. The van der Waals surface area contributed by atoms with E-state index in [4.69, 9.17) is 14.5 Å². The maximum absolute atomic E-state index is 11.8. The van der Waals surface area contributed by atoms with Gasteiger partial charge < -0.3 is 14.0 Å². The van der Waals surface area contributed by atoms with E-state index in [9.17, 15) is 4.79 Å². The summed E-state index contributed by atoms with van der Waals surface area (Å²) in [6.07, 6.45) is 3.39. The Balaban J connectivity index is 2.02. The Bertz CT molecular complexity index is 750. The molecular formula is C20H28N2O3. The van der Waals surface area contributed by atoms with Gasteiger partial charge in [-0.25, -0.2) is 9.78 Å². The molecule has 0 N–H and O–H groups in total. The van der Waals surface area contributed by atoms with Crippen LogP contribution in [-0.4, -0.2) is 35.8 Å². The minimum absolute atomic E-state index is 0.0638. The van der Waals surface area contributed by atoms with E-state index in [1.165, 1.54) is 13.5 Å². The van der Waals surface area contributed by atoms with Crippen LogP contribution < -0.4 is 0 Å². The van der Waals surface area contributed by atoms with Crippen molar-refractivity contribution in [3.05, 3.63) is 29.6 Å². The number of ether oxygens (including phenoxy) is 2. The van der Waals surface area contributed by atoms with Crippen LogP contribution in [0.4, 0.5) is 0 Å². The molecule has 1 aliphatic heterocycles. The number of carbonyl (C=O) groups excluding carboxylic acids is 1. The smallest absolute Gasteiger partial charge is 0.337 e. The number of benzene rings is 1. The third-order valence-electron chi connectivity index (χ3n) is 4.85. The summed E-state index contributed by atoms with van der Waals surface area (Å²) >= 11 is 0. The first-order valence-corrected chi connectivity index (χ1v) is 9.07. The second-order valence-corrected chi connectivity index (χ2v) is 7.90. The molecule has 2 aromatic rings. The third-order valence-corrected chi connectivity index (χ3v) is 4.85. The van der Waals surface area contributed by atoms with Gasteiger partial charge in [-0.2, -0.15) is 0 Å². The fraction of sp³-hybridized carbons (Fsp3) is 0.600. The van der Waals surface area contributed by atoms with Crippen molar-refractivity contribution in [2.75, 3.05) is 20.3 Å². The Morgan fingerprint density at radius 3 is 2.84 bits per heavy atom. The summed E-state index contributed by atoms with van der Waals surface area (Å²) in [4.78, 5) is 16.7. The van der Waals surface area contributed by atoms with E-state index < -0.39 is 0 Å². The fourth-order valence-corrected chi connectivity index (χ4v) is 3.54. The molecular weight excluding hydrogens is 316 g/mol. The van der Waals surface area contributed by atoms with Crippen molar-refractivity contribution in [3.63, 3.8) is 0 Å². The van der Waals surface area contributed by atoms with Crippen molar-refractivity contribution >= 4 is 17.0 Å². The van der Waals surface area contributed by atoms with Crippen LogP contribution in [0.5, 0.6) is 0 Å². The topological polar surface area (TPSA) is 53.3 Å². The van der Waals surface area contributed by atoms with E-state index in [0.717, 1.165) is 49.5 Å². The second kappa shape index (κ2) is 7.16. The van der Waals surface area contributed by atoms with Crippen LogP contribution in [0.2, 0.25) is 0 Å². The molecule has 25 heavy (non-hydrogen) atoms. The van der Waals surface area contributed by atoms with E-state index in [0.29, 0.717) is 11.5 Å². The largest absolute Gasteiger partial charge is 0.465 e. The van der Waals surface area contributed by atoms with Gasteiger partial charge in [-0.1, -0.05) is 20.8 Å². The minimum Gasteiger partial charge on any atom is -0.465 e. The molecule has 0 amide bonds. The monoisotopic (exact) mass is 344 g/mol. The minimum atomic E-state index is -0.324. The normalized spacial score (nSPS) is 19.0. The van der Waals surface area contributed by atoms with Gasteiger partial charge in [0.1, 0.15) is 5.82 Å². The molecule has 0 aliphatic carbocycles. The predicted octanol–water partition coefficient (Wildman–Crippen LogP) is 3.94. The van der Waals surface area contributed by atoms with Crippen LogP contribution in [0, 0.1) is 5.92 Å². The first-order chi connectivity index (χ1) is 11.9. The molecule has 1 saturated heterocycles. The number of methoxy groups -OCH3 is 1. The number of rotatable bonds is 3. The lowest BCUT2D eigenvalue weighted by Gasteiger charge is -2.23. The van der Waals surface area contributed by atoms with Crippen molar-refractivity contribution < 1.29 is 14.3 Å². The number of imidazole rings is 1. The molecule has 0 radical (unpaired) electrons. The van der Waals surface area contributed by atoms with Crippen molar-refractivity contribution in [1.82, 2.24) is 9.55 Å². The summed E-state index contributed by atoms with van der Waals surface area (Å²) in [6, 6.07) is 5.66. The van der Waals surface area contributed by atoms with Crippen LogP contribution in [0.3, 0.4) is 0 Å². The summed E-state index contributed by atoms with van der Waals surface area (Å²) < 4.78 is 12.8. The Morgan fingerprint density at radius 2 is 2.12 bits per heavy atom. The Morgan fingerprint density at radius 1 is 1.32 bits per heavy atom. The van der Waals surface area contributed by atoms with E-state index in [-0.39, 0.29) is 11.4 Å². The standard InChI is InChI=1S/C20H28N2O3/c1-20(2,3)19-21-16-12-15(18(23)24-4)7-8-17(16)22(19)13-14-6-5-10-25-11-9-14/h7-8,12,14H,5-6,9-11,13H2,1-4H3.